The molecule has 2 N–H and O–H groups in total. The molecule has 3 rings (SSSR count). The van der Waals surface area contributed by atoms with E-state index in [-0.39, 0.29) is 5.56 Å². The molecule has 6 nitrogen and oxygen atoms in total. The van der Waals surface area contributed by atoms with E-state index < -0.39 is 41.5 Å². The predicted octanol–water partition coefficient (Wildman–Crippen LogP) is 3.09. The van der Waals surface area contributed by atoms with Crippen molar-refractivity contribution in [2.45, 2.75) is 56.4 Å². The topological polar surface area (TPSA) is 78.5 Å². The van der Waals surface area contributed by atoms with Gasteiger partial charge in [0, 0.05) is 11.6 Å². The number of rotatable bonds is 3. The number of carbonyl (C=O) groups excluding carboxylic acids is 3. The number of imide groups is 1. The van der Waals surface area contributed by atoms with Crippen LogP contribution in [-0.4, -0.2) is 40.6 Å². The zero-order valence-electron chi connectivity index (χ0n) is 14.8. The zero-order valence-corrected chi connectivity index (χ0v) is 14.8. The van der Waals surface area contributed by atoms with E-state index in [4.69, 9.17) is 0 Å². The number of amides is 4. The van der Waals surface area contributed by atoms with Crippen molar-refractivity contribution in [1.82, 2.24) is 15.5 Å². The van der Waals surface area contributed by atoms with Crippen LogP contribution < -0.4 is 10.6 Å². The van der Waals surface area contributed by atoms with Crippen LogP contribution in [0.2, 0.25) is 0 Å². The van der Waals surface area contributed by atoms with E-state index in [1.807, 2.05) is 0 Å². The lowest BCUT2D eigenvalue weighted by Crippen LogP contribution is -2.69. The summed E-state index contributed by atoms with van der Waals surface area (Å²) in [5.41, 5.74) is -3.83. The van der Waals surface area contributed by atoms with Gasteiger partial charge >= 0.3 is 12.2 Å². The van der Waals surface area contributed by atoms with Crippen molar-refractivity contribution in [3.05, 3.63) is 35.6 Å². The fraction of sp³-hybridized carbons (Fsp3) is 0.500. The molecule has 1 saturated heterocycles. The Kier molecular flexibility index (Phi) is 5.31. The molecule has 0 aromatic heterocycles. The second-order valence-electron chi connectivity index (χ2n) is 6.96. The Morgan fingerprint density at radius 1 is 1.07 bits per heavy atom. The van der Waals surface area contributed by atoms with Crippen LogP contribution >= 0.6 is 0 Å². The third kappa shape index (κ3) is 3.55. The average molecular weight is 401 g/mol. The third-order valence-electron chi connectivity index (χ3n) is 5.08. The molecule has 4 amide bonds. The fourth-order valence-electron chi connectivity index (χ4n) is 3.59. The molecule has 0 bridgehead atoms. The van der Waals surface area contributed by atoms with Gasteiger partial charge in [-0.2, -0.15) is 13.2 Å². The lowest BCUT2D eigenvalue weighted by Gasteiger charge is -2.31. The van der Waals surface area contributed by atoms with Crippen molar-refractivity contribution < 1.29 is 31.9 Å². The maximum atomic E-state index is 13.9. The van der Waals surface area contributed by atoms with Gasteiger partial charge in [-0.1, -0.05) is 25.7 Å². The SMILES string of the molecule is O=C(NC1(C(F)(F)F)NC(=O)N(C2CCCCCC2)C1=O)c1ccc(F)cc1. The van der Waals surface area contributed by atoms with Crippen molar-refractivity contribution >= 4 is 17.8 Å². The molecule has 1 aromatic carbocycles. The van der Waals surface area contributed by atoms with Gasteiger partial charge in [-0.15, -0.1) is 0 Å². The van der Waals surface area contributed by atoms with Gasteiger partial charge in [0.15, 0.2) is 0 Å². The van der Waals surface area contributed by atoms with Crippen LogP contribution in [0, 0.1) is 5.82 Å². The summed E-state index contributed by atoms with van der Waals surface area (Å²) in [5.74, 6) is -3.48. The predicted molar refractivity (Wildman–Crippen MR) is 89.5 cm³/mol. The molecule has 0 spiro atoms. The quantitative estimate of drug-likeness (QED) is 0.464. The summed E-state index contributed by atoms with van der Waals surface area (Å²) in [7, 11) is 0. The summed E-state index contributed by atoms with van der Waals surface area (Å²) < 4.78 is 54.6. The van der Waals surface area contributed by atoms with Crippen LogP contribution in [0.4, 0.5) is 22.4 Å². The summed E-state index contributed by atoms with van der Waals surface area (Å²) in [6.07, 6.45) is -1.28. The molecule has 0 radical (unpaired) electrons. The molecule has 28 heavy (non-hydrogen) atoms. The molecule has 1 aliphatic carbocycles. The Balaban J connectivity index is 1.91. The van der Waals surface area contributed by atoms with Crippen LogP contribution in [0.15, 0.2) is 24.3 Å². The van der Waals surface area contributed by atoms with Gasteiger partial charge in [-0.05, 0) is 37.1 Å². The average Bonchev–Trinajstić information content (AvgIpc) is 2.80. The number of halogens is 4. The van der Waals surface area contributed by atoms with Gasteiger partial charge in [-0.25, -0.2) is 9.18 Å². The molecular weight excluding hydrogens is 382 g/mol. The van der Waals surface area contributed by atoms with Crippen LogP contribution in [-0.2, 0) is 4.79 Å². The Hall–Kier alpha value is -2.65. The van der Waals surface area contributed by atoms with Gasteiger partial charge in [-0.3, -0.25) is 19.8 Å². The Bertz CT molecular complexity index is 773. The molecule has 152 valence electrons. The van der Waals surface area contributed by atoms with Gasteiger partial charge in [0.1, 0.15) is 5.82 Å². The Morgan fingerprint density at radius 3 is 2.18 bits per heavy atom. The molecule has 1 aromatic rings. The molecular formula is C18H19F4N3O3. The number of carbonyl (C=O) groups is 3. The maximum absolute atomic E-state index is 13.9. The minimum Gasteiger partial charge on any atom is -0.314 e. The number of nitrogens with one attached hydrogen (secondary N) is 2. The summed E-state index contributed by atoms with van der Waals surface area (Å²) in [6.45, 7) is 0. The van der Waals surface area contributed by atoms with Crippen LogP contribution in [0.1, 0.15) is 48.9 Å². The summed E-state index contributed by atoms with van der Waals surface area (Å²) in [4.78, 5) is 38.0. The third-order valence-corrected chi connectivity index (χ3v) is 5.08. The first-order chi connectivity index (χ1) is 13.2. The van der Waals surface area contributed by atoms with E-state index in [0.29, 0.717) is 30.6 Å². The van der Waals surface area contributed by atoms with E-state index in [9.17, 15) is 31.9 Å². The highest BCUT2D eigenvalue weighted by Gasteiger charge is 2.69. The monoisotopic (exact) mass is 401 g/mol. The number of nitrogens with zero attached hydrogens (tertiary/aromatic N) is 1. The van der Waals surface area contributed by atoms with Crippen molar-refractivity contribution in [2.24, 2.45) is 0 Å². The number of urea groups is 1. The minimum absolute atomic E-state index is 0.278. The van der Waals surface area contributed by atoms with E-state index in [1.54, 1.807) is 10.6 Å². The number of hydrogen-bond acceptors (Lipinski definition) is 3. The molecule has 1 atom stereocenters. The van der Waals surface area contributed by atoms with Gasteiger partial charge in [0.2, 0.25) is 0 Å². The molecule has 2 aliphatic rings. The van der Waals surface area contributed by atoms with Gasteiger partial charge in [0.25, 0.3) is 17.5 Å². The number of hydrogen-bond donors (Lipinski definition) is 2. The van der Waals surface area contributed by atoms with E-state index in [0.717, 1.165) is 37.1 Å². The largest absolute Gasteiger partial charge is 0.440 e. The standard InChI is InChI=1S/C18H19F4N3O3/c19-12-9-7-11(8-10-12)14(26)23-17(18(20,21)22)15(27)25(16(28)24-17)13-5-3-1-2-4-6-13/h7-10,13H,1-6H2,(H,23,26)(H,24,28). The Labute approximate surface area is 158 Å². The zero-order chi connectivity index (χ0) is 20.5. The fourth-order valence-corrected chi connectivity index (χ4v) is 3.59. The lowest BCUT2D eigenvalue weighted by molar-refractivity contribution is -0.200. The molecule has 1 saturated carbocycles. The molecule has 2 fully saturated rings. The second kappa shape index (κ2) is 7.40. The van der Waals surface area contributed by atoms with Crippen LogP contribution in [0.25, 0.3) is 0 Å². The number of benzene rings is 1. The van der Waals surface area contributed by atoms with Crippen molar-refractivity contribution in [1.29, 1.82) is 0 Å². The van der Waals surface area contributed by atoms with Crippen molar-refractivity contribution in [3.8, 4) is 0 Å². The molecule has 10 heteroatoms. The summed E-state index contributed by atoms with van der Waals surface area (Å²) in [5, 5.41) is 3.27. The molecule has 1 unspecified atom stereocenters. The highest BCUT2D eigenvalue weighted by atomic mass is 19.4. The maximum Gasteiger partial charge on any atom is 0.440 e. The second-order valence-corrected chi connectivity index (χ2v) is 6.96. The first-order valence-corrected chi connectivity index (χ1v) is 8.96. The Morgan fingerprint density at radius 2 is 1.64 bits per heavy atom. The van der Waals surface area contributed by atoms with E-state index in [2.05, 4.69) is 0 Å². The molecule has 1 heterocycles. The van der Waals surface area contributed by atoms with E-state index in [1.165, 1.54) is 0 Å². The first-order valence-electron chi connectivity index (χ1n) is 8.96. The minimum atomic E-state index is -5.27. The lowest BCUT2D eigenvalue weighted by atomic mass is 10.0. The summed E-state index contributed by atoms with van der Waals surface area (Å²) >= 11 is 0. The highest BCUT2D eigenvalue weighted by Crippen LogP contribution is 2.36. The van der Waals surface area contributed by atoms with Crippen molar-refractivity contribution in [3.63, 3.8) is 0 Å². The van der Waals surface area contributed by atoms with E-state index >= 15 is 0 Å². The highest BCUT2D eigenvalue weighted by molar-refractivity contribution is 6.10. The molecule has 1 aliphatic heterocycles. The van der Waals surface area contributed by atoms with Gasteiger partial charge in [0.05, 0.1) is 0 Å². The van der Waals surface area contributed by atoms with Crippen LogP contribution in [0.3, 0.4) is 0 Å². The smallest absolute Gasteiger partial charge is 0.314 e. The summed E-state index contributed by atoms with van der Waals surface area (Å²) in [6, 6.07) is 1.94. The van der Waals surface area contributed by atoms with Crippen molar-refractivity contribution in [2.75, 3.05) is 0 Å². The normalized spacial score (nSPS) is 24.1. The van der Waals surface area contributed by atoms with Gasteiger partial charge < -0.3 is 5.32 Å². The first kappa shape index (κ1) is 20.1. The number of alkyl halides is 3. The van der Waals surface area contributed by atoms with Crippen LogP contribution in [0.5, 0.6) is 0 Å².